The average molecular weight is 491 g/mol. The maximum atomic E-state index is 13.7. The monoisotopic (exact) mass is 490 g/mol. The molecule has 1 unspecified atom stereocenters. The largest absolute Gasteiger partial charge is 0.484 e. The molecule has 2 amide bonds. The van der Waals surface area contributed by atoms with Crippen LogP contribution in [0.1, 0.15) is 31.6 Å². The first-order valence-corrected chi connectivity index (χ1v) is 12.8. The quantitative estimate of drug-likeness (QED) is 0.299. The number of anilines is 1. The number of nitrogens with zero attached hydrogens (tertiary/aromatic N) is 1. The minimum Gasteiger partial charge on any atom is -0.484 e. The minimum absolute atomic E-state index is 0.203. The van der Waals surface area contributed by atoms with Crippen LogP contribution in [0.2, 0.25) is 0 Å². The second-order valence-electron chi connectivity index (χ2n) is 8.20. The summed E-state index contributed by atoms with van der Waals surface area (Å²) in [7, 11) is 0. The maximum Gasteiger partial charge on any atom is 0.263 e. The van der Waals surface area contributed by atoms with Gasteiger partial charge in [0.25, 0.3) is 5.91 Å². The summed E-state index contributed by atoms with van der Waals surface area (Å²) in [6.45, 7) is 2.36. The van der Waals surface area contributed by atoms with Gasteiger partial charge in [0.2, 0.25) is 5.91 Å². The van der Waals surface area contributed by atoms with E-state index in [0.29, 0.717) is 18.1 Å². The van der Waals surface area contributed by atoms with E-state index in [1.165, 1.54) is 0 Å². The molecular formula is C28H30N2O4S. The number of unbranched alkanes of at least 4 members (excludes halogenated alkanes) is 1. The second-order valence-corrected chi connectivity index (χ2v) is 9.26. The van der Waals surface area contributed by atoms with Crippen LogP contribution < -0.4 is 10.1 Å². The third-order valence-corrected chi connectivity index (χ3v) is 6.83. The number of hydrogen-bond acceptors (Lipinski definition) is 5. The Balaban J connectivity index is 1.65. The Hall–Kier alpha value is -3.29. The van der Waals surface area contributed by atoms with Gasteiger partial charge in [0, 0.05) is 22.8 Å². The number of benzene rings is 3. The molecule has 1 N–H and O–H groups in total. The zero-order chi connectivity index (χ0) is 24.5. The van der Waals surface area contributed by atoms with Crippen molar-refractivity contribution in [1.29, 1.82) is 0 Å². The molecule has 0 fully saturated rings. The Labute approximate surface area is 210 Å². The van der Waals surface area contributed by atoms with Gasteiger partial charge in [-0.15, -0.1) is 11.8 Å². The molecule has 1 heterocycles. The predicted molar refractivity (Wildman–Crippen MR) is 138 cm³/mol. The molecule has 0 spiro atoms. The van der Waals surface area contributed by atoms with Gasteiger partial charge in [0.15, 0.2) is 12.8 Å². The normalized spacial score (nSPS) is 15.9. The number of ether oxygens (including phenoxy) is 2. The summed E-state index contributed by atoms with van der Waals surface area (Å²) in [5, 5.41) is 3.01. The van der Waals surface area contributed by atoms with Crippen LogP contribution in [0.5, 0.6) is 5.75 Å². The third-order valence-electron chi connectivity index (χ3n) is 5.68. The third kappa shape index (κ3) is 6.44. The SMILES string of the molecule is CCCCOC(c1ccccc1)N(C(=O)COc1ccccc1)[C@H]1CSc2ccccc2NC1=O. The van der Waals surface area contributed by atoms with Crippen molar-refractivity contribution >= 4 is 29.3 Å². The summed E-state index contributed by atoms with van der Waals surface area (Å²) < 4.78 is 12.1. The zero-order valence-electron chi connectivity index (χ0n) is 19.8. The highest BCUT2D eigenvalue weighted by molar-refractivity contribution is 7.99. The molecule has 3 aromatic rings. The summed E-state index contributed by atoms with van der Waals surface area (Å²) in [6, 6.07) is 25.7. The first-order valence-electron chi connectivity index (χ1n) is 11.9. The fourth-order valence-corrected chi connectivity index (χ4v) is 4.96. The summed E-state index contributed by atoms with van der Waals surface area (Å²) >= 11 is 1.55. The van der Waals surface area contributed by atoms with E-state index in [0.717, 1.165) is 29.0 Å². The van der Waals surface area contributed by atoms with Gasteiger partial charge in [-0.25, -0.2) is 0 Å². The highest BCUT2D eigenvalue weighted by atomic mass is 32.2. The van der Waals surface area contributed by atoms with Crippen molar-refractivity contribution in [3.05, 3.63) is 90.5 Å². The minimum atomic E-state index is -0.744. The molecule has 1 aliphatic heterocycles. The molecular weight excluding hydrogens is 460 g/mol. The Morgan fingerprint density at radius 3 is 2.46 bits per heavy atom. The Bertz CT molecular complexity index is 1110. The summed E-state index contributed by atoms with van der Waals surface area (Å²) in [6.07, 6.45) is 1.09. The molecule has 0 saturated carbocycles. The molecule has 3 aromatic carbocycles. The number of thioether (sulfide) groups is 1. The summed E-state index contributed by atoms with van der Waals surface area (Å²) in [4.78, 5) is 29.7. The lowest BCUT2D eigenvalue weighted by molar-refractivity contribution is -0.158. The van der Waals surface area contributed by atoms with Crippen LogP contribution in [0.4, 0.5) is 5.69 Å². The Kier molecular flexibility index (Phi) is 8.81. The molecule has 0 radical (unpaired) electrons. The van der Waals surface area contributed by atoms with Gasteiger partial charge in [0.05, 0.1) is 5.69 Å². The van der Waals surface area contributed by atoms with E-state index in [9.17, 15) is 9.59 Å². The number of carbonyl (C=O) groups is 2. The lowest BCUT2D eigenvalue weighted by Gasteiger charge is -2.36. The van der Waals surface area contributed by atoms with Crippen LogP contribution in [0.15, 0.2) is 89.8 Å². The summed E-state index contributed by atoms with van der Waals surface area (Å²) in [5.41, 5.74) is 1.57. The van der Waals surface area contributed by atoms with Gasteiger partial charge in [-0.3, -0.25) is 14.5 Å². The van der Waals surface area contributed by atoms with Gasteiger partial charge >= 0.3 is 0 Å². The molecule has 1 aliphatic rings. The predicted octanol–water partition coefficient (Wildman–Crippen LogP) is 5.52. The molecule has 0 aromatic heterocycles. The number of rotatable bonds is 10. The molecule has 0 bridgehead atoms. The lowest BCUT2D eigenvalue weighted by atomic mass is 10.1. The molecule has 4 rings (SSSR count). The highest BCUT2D eigenvalue weighted by Crippen LogP contribution is 2.34. The van der Waals surface area contributed by atoms with Crippen LogP contribution in [0, 0.1) is 0 Å². The van der Waals surface area contributed by atoms with E-state index in [-0.39, 0.29) is 18.4 Å². The van der Waals surface area contributed by atoms with E-state index in [2.05, 4.69) is 12.2 Å². The lowest BCUT2D eigenvalue weighted by Crippen LogP contribution is -2.52. The smallest absolute Gasteiger partial charge is 0.263 e. The topological polar surface area (TPSA) is 67.9 Å². The molecule has 182 valence electrons. The Morgan fingerprint density at radius 2 is 1.71 bits per heavy atom. The number of amides is 2. The standard InChI is InChI=1S/C28H30N2O4S/c1-2-3-18-33-28(21-12-6-4-7-13-21)30(26(31)19-34-22-14-8-5-9-15-22)24-20-35-25-17-11-10-16-23(25)29-27(24)32/h4-17,24,28H,2-3,18-20H2,1H3,(H,29,32)/t24-,28?/m0/s1. The number of fused-ring (bicyclic) bond motifs is 1. The second kappa shape index (κ2) is 12.4. The molecule has 7 heteroatoms. The number of para-hydroxylation sites is 2. The fraction of sp³-hybridized carbons (Fsp3) is 0.286. The molecule has 6 nitrogen and oxygen atoms in total. The number of carbonyl (C=O) groups excluding carboxylic acids is 2. The molecule has 0 aliphatic carbocycles. The maximum absolute atomic E-state index is 13.7. The average Bonchev–Trinajstić information content (AvgIpc) is 3.06. The first kappa shape index (κ1) is 24.8. The van der Waals surface area contributed by atoms with Crippen molar-refractivity contribution in [2.45, 2.75) is 36.9 Å². The fourth-order valence-electron chi connectivity index (χ4n) is 3.86. The molecule has 35 heavy (non-hydrogen) atoms. The summed E-state index contributed by atoms with van der Waals surface area (Å²) in [5.74, 6) is 0.443. The van der Waals surface area contributed by atoms with Crippen molar-refractivity contribution in [3.63, 3.8) is 0 Å². The van der Waals surface area contributed by atoms with Crippen molar-refractivity contribution in [2.24, 2.45) is 0 Å². The van der Waals surface area contributed by atoms with Crippen molar-refractivity contribution in [2.75, 3.05) is 24.3 Å². The van der Waals surface area contributed by atoms with Crippen molar-refractivity contribution in [1.82, 2.24) is 4.90 Å². The van der Waals surface area contributed by atoms with Crippen LogP contribution in [-0.4, -0.2) is 41.7 Å². The number of nitrogens with one attached hydrogen (secondary N) is 1. The van der Waals surface area contributed by atoms with Gasteiger partial charge in [-0.05, 0) is 30.7 Å². The Morgan fingerprint density at radius 1 is 1.03 bits per heavy atom. The van der Waals surface area contributed by atoms with Gasteiger partial charge < -0.3 is 14.8 Å². The van der Waals surface area contributed by atoms with Gasteiger partial charge in [-0.1, -0.05) is 74.0 Å². The molecule has 2 atom stereocenters. The van der Waals surface area contributed by atoms with Crippen LogP contribution in [0.25, 0.3) is 0 Å². The number of hydrogen-bond donors (Lipinski definition) is 1. The van der Waals surface area contributed by atoms with Gasteiger partial charge in [-0.2, -0.15) is 0 Å². The van der Waals surface area contributed by atoms with E-state index < -0.39 is 12.3 Å². The van der Waals surface area contributed by atoms with E-state index >= 15 is 0 Å². The van der Waals surface area contributed by atoms with Crippen LogP contribution in [-0.2, 0) is 14.3 Å². The van der Waals surface area contributed by atoms with Crippen LogP contribution in [0.3, 0.4) is 0 Å². The van der Waals surface area contributed by atoms with Crippen molar-refractivity contribution in [3.8, 4) is 5.75 Å². The van der Waals surface area contributed by atoms with Crippen LogP contribution >= 0.6 is 11.8 Å². The van der Waals surface area contributed by atoms with Gasteiger partial charge in [0.1, 0.15) is 11.8 Å². The zero-order valence-corrected chi connectivity index (χ0v) is 20.6. The van der Waals surface area contributed by atoms with E-state index in [1.54, 1.807) is 28.8 Å². The van der Waals surface area contributed by atoms with E-state index in [1.807, 2.05) is 72.8 Å². The molecule has 0 saturated heterocycles. The first-order chi connectivity index (χ1) is 17.2. The van der Waals surface area contributed by atoms with E-state index in [4.69, 9.17) is 9.47 Å². The highest BCUT2D eigenvalue weighted by Gasteiger charge is 2.38. The van der Waals surface area contributed by atoms with Crippen molar-refractivity contribution < 1.29 is 19.1 Å².